The molecule has 2 rings (SSSR count). The molecule has 0 aromatic heterocycles. The van der Waals surface area contributed by atoms with Crippen LogP contribution in [0.3, 0.4) is 0 Å². The minimum absolute atomic E-state index is 0.190. The predicted octanol–water partition coefficient (Wildman–Crippen LogP) is 1.28. The van der Waals surface area contributed by atoms with Crippen molar-refractivity contribution in [3.05, 3.63) is 54.6 Å². The van der Waals surface area contributed by atoms with E-state index in [1.807, 2.05) is 6.07 Å². The fourth-order valence-electron chi connectivity index (χ4n) is 1.37. The Morgan fingerprint density at radius 3 is 2.06 bits per heavy atom. The molecule has 0 saturated carbocycles. The minimum atomic E-state index is -3.54. The Balaban J connectivity index is 2.29. The zero-order valence-corrected chi connectivity index (χ0v) is 9.81. The molecule has 0 spiro atoms. The third-order valence-corrected chi connectivity index (χ3v) is 3.61. The highest BCUT2D eigenvalue weighted by molar-refractivity contribution is 7.92. The fourth-order valence-corrected chi connectivity index (χ4v) is 2.43. The third-order valence-electron chi connectivity index (χ3n) is 2.22. The Morgan fingerprint density at radius 2 is 1.47 bits per heavy atom. The van der Waals surface area contributed by atoms with E-state index in [0.717, 1.165) is 0 Å². The lowest BCUT2D eigenvalue weighted by Gasteiger charge is -2.07. The molecule has 3 nitrogen and oxygen atoms in total. The average Bonchev–Trinajstić information content (AvgIpc) is 2.30. The molecule has 0 aliphatic rings. The molecule has 2 aromatic carbocycles. The largest absolute Gasteiger partial charge is 0.280 e. The molecular weight excluding hydrogens is 233 g/mol. The van der Waals surface area contributed by atoms with Gasteiger partial charge in [0.05, 0.1) is 4.90 Å². The lowest BCUT2D eigenvalue weighted by atomic mass is 9.97. The van der Waals surface area contributed by atoms with Gasteiger partial charge < -0.3 is 0 Å². The van der Waals surface area contributed by atoms with E-state index < -0.39 is 10.0 Å². The maximum atomic E-state index is 12.0. The second-order valence-electron chi connectivity index (χ2n) is 3.54. The average molecular weight is 243 g/mol. The van der Waals surface area contributed by atoms with Crippen LogP contribution in [-0.2, 0) is 10.0 Å². The summed E-state index contributed by atoms with van der Waals surface area (Å²) in [4.78, 5) is 0.190. The van der Waals surface area contributed by atoms with E-state index in [1.54, 1.807) is 36.4 Å². The molecule has 5 heteroatoms. The first-order valence-corrected chi connectivity index (χ1v) is 6.50. The molecule has 0 unspecified atom stereocenters. The van der Waals surface area contributed by atoms with Gasteiger partial charge in [0.2, 0.25) is 0 Å². The van der Waals surface area contributed by atoms with Crippen LogP contribution in [0.4, 0.5) is 5.69 Å². The van der Waals surface area contributed by atoms with Crippen LogP contribution in [-0.4, -0.2) is 16.3 Å². The first-order valence-electron chi connectivity index (χ1n) is 5.01. The van der Waals surface area contributed by atoms with Gasteiger partial charge >= 0.3 is 0 Å². The summed E-state index contributed by atoms with van der Waals surface area (Å²) in [5, 5.41) is 0. The van der Waals surface area contributed by atoms with Crippen LogP contribution in [0.2, 0.25) is 0 Å². The lowest BCUT2D eigenvalue weighted by Crippen LogP contribution is -2.14. The van der Waals surface area contributed by atoms with Crippen molar-refractivity contribution in [1.82, 2.24) is 0 Å². The van der Waals surface area contributed by atoms with Crippen molar-refractivity contribution in [1.29, 1.82) is 0 Å². The number of nitrogens with one attached hydrogen (secondary N) is 1. The van der Waals surface area contributed by atoms with Gasteiger partial charge in [-0.15, -0.1) is 0 Å². The molecule has 0 bridgehead atoms. The maximum Gasteiger partial charge on any atom is 0.261 e. The summed E-state index contributed by atoms with van der Waals surface area (Å²) in [7, 11) is 1.97. The molecule has 0 atom stereocenters. The Bertz CT molecular complexity index is 594. The second-order valence-corrected chi connectivity index (χ2v) is 5.22. The van der Waals surface area contributed by atoms with E-state index in [1.165, 1.54) is 12.1 Å². The predicted molar refractivity (Wildman–Crippen MR) is 69.1 cm³/mol. The van der Waals surface area contributed by atoms with Crippen molar-refractivity contribution in [2.45, 2.75) is 4.90 Å². The van der Waals surface area contributed by atoms with Crippen LogP contribution in [0.25, 0.3) is 0 Å². The number of benzene rings is 2. The molecule has 0 aliphatic heterocycles. The van der Waals surface area contributed by atoms with Gasteiger partial charge in [-0.05, 0) is 24.3 Å². The number of hydrogen-bond acceptors (Lipinski definition) is 2. The van der Waals surface area contributed by atoms with E-state index in [9.17, 15) is 8.42 Å². The fraction of sp³-hybridized carbons (Fsp3) is 0. The summed E-state index contributed by atoms with van der Waals surface area (Å²) in [5.41, 5.74) is 1.06. The third kappa shape index (κ3) is 2.88. The molecule has 2 radical (unpaired) electrons. The Hall–Kier alpha value is -1.75. The quantitative estimate of drug-likeness (QED) is 0.825. The van der Waals surface area contributed by atoms with Crippen molar-refractivity contribution in [2.24, 2.45) is 0 Å². The van der Waals surface area contributed by atoms with E-state index in [0.29, 0.717) is 11.2 Å². The highest BCUT2D eigenvalue weighted by Gasteiger charge is 2.12. The zero-order valence-electron chi connectivity index (χ0n) is 9.00. The lowest BCUT2D eigenvalue weighted by molar-refractivity contribution is 0.601. The van der Waals surface area contributed by atoms with Crippen molar-refractivity contribution in [3.63, 3.8) is 0 Å². The minimum Gasteiger partial charge on any atom is -0.280 e. The summed E-state index contributed by atoms with van der Waals surface area (Å²) in [6, 6.07) is 14.8. The monoisotopic (exact) mass is 243 g/mol. The van der Waals surface area contributed by atoms with Crippen LogP contribution in [0.15, 0.2) is 59.5 Å². The van der Waals surface area contributed by atoms with Gasteiger partial charge in [-0.25, -0.2) is 8.42 Å². The van der Waals surface area contributed by atoms with Crippen molar-refractivity contribution >= 4 is 29.0 Å². The zero-order chi connectivity index (χ0) is 12.3. The summed E-state index contributed by atoms with van der Waals surface area (Å²) in [6.45, 7) is 0. The smallest absolute Gasteiger partial charge is 0.261 e. The van der Waals surface area contributed by atoms with Crippen molar-refractivity contribution in [2.75, 3.05) is 4.72 Å². The van der Waals surface area contributed by atoms with Crippen LogP contribution < -0.4 is 10.2 Å². The van der Waals surface area contributed by atoms with Crippen LogP contribution in [0.5, 0.6) is 0 Å². The number of rotatable bonds is 3. The summed E-state index contributed by atoms with van der Waals surface area (Å²) in [6.07, 6.45) is 0. The van der Waals surface area contributed by atoms with Crippen LogP contribution in [0.1, 0.15) is 0 Å². The van der Waals surface area contributed by atoms with Crippen molar-refractivity contribution in [3.8, 4) is 0 Å². The van der Waals surface area contributed by atoms with Crippen LogP contribution >= 0.6 is 0 Å². The number of para-hydroxylation sites is 1. The molecule has 0 saturated heterocycles. The molecule has 0 fully saturated rings. The molecular formula is C12H10BNO2S. The topological polar surface area (TPSA) is 46.2 Å². The highest BCUT2D eigenvalue weighted by atomic mass is 32.2. The normalized spacial score (nSPS) is 11.1. The summed E-state index contributed by atoms with van der Waals surface area (Å²) < 4.78 is 26.4. The highest BCUT2D eigenvalue weighted by Crippen LogP contribution is 2.14. The van der Waals surface area contributed by atoms with Gasteiger partial charge in [-0.3, -0.25) is 4.72 Å². The maximum absolute atomic E-state index is 12.0. The summed E-state index contributed by atoms with van der Waals surface area (Å²) in [5.74, 6) is 0. The van der Waals surface area contributed by atoms with Gasteiger partial charge in [0, 0.05) is 5.69 Å². The van der Waals surface area contributed by atoms with Gasteiger partial charge in [0.1, 0.15) is 7.85 Å². The SMILES string of the molecule is [B]c1ccc(S(=O)(=O)Nc2ccccc2)cc1. The van der Waals surface area contributed by atoms with Crippen molar-refractivity contribution < 1.29 is 8.42 Å². The molecule has 0 amide bonds. The number of sulfonamides is 1. The van der Waals surface area contributed by atoms with E-state index in [2.05, 4.69) is 4.72 Å². The number of hydrogen-bond donors (Lipinski definition) is 1. The Kier molecular flexibility index (Phi) is 3.20. The molecule has 1 N–H and O–H groups in total. The molecule has 0 aliphatic carbocycles. The molecule has 0 heterocycles. The summed E-state index contributed by atoms with van der Waals surface area (Å²) >= 11 is 0. The molecule has 2 aromatic rings. The van der Waals surface area contributed by atoms with Gasteiger partial charge in [0.25, 0.3) is 10.0 Å². The van der Waals surface area contributed by atoms with Crippen LogP contribution in [0, 0.1) is 0 Å². The first kappa shape index (κ1) is 11.7. The van der Waals surface area contributed by atoms with E-state index in [4.69, 9.17) is 7.85 Å². The van der Waals surface area contributed by atoms with E-state index >= 15 is 0 Å². The molecule has 84 valence electrons. The van der Waals surface area contributed by atoms with Gasteiger partial charge in [-0.2, -0.15) is 0 Å². The van der Waals surface area contributed by atoms with Gasteiger partial charge in [-0.1, -0.05) is 35.8 Å². The van der Waals surface area contributed by atoms with Gasteiger partial charge in [0.15, 0.2) is 0 Å². The second kappa shape index (κ2) is 4.63. The van der Waals surface area contributed by atoms with E-state index in [-0.39, 0.29) is 4.90 Å². The standard InChI is InChI=1S/C12H10BNO2S/c13-10-6-8-12(9-7-10)17(15,16)14-11-4-2-1-3-5-11/h1-9,14H. The Morgan fingerprint density at radius 1 is 0.882 bits per heavy atom. The Labute approximate surface area is 102 Å². The first-order chi connectivity index (χ1) is 8.08. The number of anilines is 1. The molecule has 17 heavy (non-hydrogen) atoms.